The van der Waals surface area contributed by atoms with Crippen LogP contribution >= 0.6 is 24.0 Å². The van der Waals surface area contributed by atoms with Crippen LogP contribution in [0.25, 0.3) is 0 Å². The molecule has 0 amide bonds. The van der Waals surface area contributed by atoms with Crippen LogP contribution in [0.1, 0.15) is 18.1 Å². The van der Waals surface area contributed by atoms with Gasteiger partial charge in [0.2, 0.25) is 6.79 Å². The molecule has 0 saturated heterocycles. The van der Waals surface area contributed by atoms with E-state index >= 15 is 0 Å². The highest BCUT2D eigenvalue weighted by atomic mass is 127. The molecule has 0 aromatic heterocycles. The van der Waals surface area contributed by atoms with E-state index in [9.17, 15) is 4.21 Å². The molecular formula is C21H28IN3O3S. The number of fused-ring (bicyclic) bond motifs is 1. The largest absolute Gasteiger partial charge is 0.454 e. The number of guanidine groups is 1. The van der Waals surface area contributed by atoms with Crippen molar-refractivity contribution in [1.82, 2.24) is 10.6 Å². The van der Waals surface area contributed by atoms with Gasteiger partial charge in [-0.15, -0.1) is 24.0 Å². The van der Waals surface area contributed by atoms with Crippen LogP contribution in [-0.2, 0) is 23.0 Å². The van der Waals surface area contributed by atoms with Crippen LogP contribution in [0.3, 0.4) is 0 Å². The minimum absolute atomic E-state index is 0. The van der Waals surface area contributed by atoms with Crippen molar-refractivity contribution in [2.75, 3.05) is 32.2 Å². The van der Waals surface area contributed by atoms with Gasteiger partial charge in [0.1, 0.15) is 0 Å². The van der Waals surface area contributed by atoms with Gasteiger partial charge in [-0.3, -0.25) is 9.20 Å². The number of hydrogen-bond donors (Lipinski definition) is 2. The first kappa shape index (κ1) is 23.5. The van der Waals surface area contributed by atoms with E-state index in [4.69, 9.17) is 9.47 Å². The molecule has 1 aliphatic heterocycles. The Morgan fingerprint density at radius 2 is 1.86 bits per heavy atom. The summed E-state index contributed by atoms with van der Waals surface area (Å²) in [6.07, 6.45) is 0.848. The maximum Gasteiger partial charge on any atom is 0.231 e. The van der Waals surface area contributed by atoms with Crippen molar-refractivity contribution >= 4 is 40.7 Å². The first-order valence-electron chi connectivity index (χ1n) is 9.54. The Bertz CT molecular complexity index is 818. The molecule has 0 bridgehead atoms. The van der Waals surface area contributed by atoms with E-state index in [1.165, 1.54) is 5.56 Å². The van der Waals surface area contributed by atoms with Crippen molar-refractivity contribution in [2.45, 2.75) is 19.1 Å². The highest BCUT2D eigenvalue weighted by molar-refractivity contribution is 14.0. The fourth-order valence-corrected chi connectivity index (χ4v) is 3.86. The average Bonchev–Trinajstić information content (AvgIpc) is 3.16. The molecule has 2 aromatic rings. The minimum atomic E-state index is -0.915. The minimum Gasteiger partial charge on any atom is -0.454 e. The Morgan fingerprint density at radius 3 is 2.66 bits per heavy atom. The second-order valence-electron chi connectivity index (χ2n) is 6.40. The van der Waals surface area contributed by atoms with E-state index in [1.54, 1.807) is 0 Å². The Balaban J connectivity index is 0.00000300. The van der Waals surface area contributed by atoms with Gasteiger partial charge >= 0.3 is 0 Å². The molecule has 1 aliphatic rings. The van der Waals surface area contributed by atoms with Crippen LogP contribution in [0.5, 0.6) is 11.5 Å². The van der Waals surface area contributed by atoms with E-state index in [1.807, 2.05) is 55.5 Å². The SMILES string of the molecule is CCNC(=NCCS(=O)Cc1ccccc1)NCCc1ccc2c(c1)OCO2.I. The normalized spacial score (nSPS) is 13.5. The fraction of sp³-hybridized carbons (Fsp3) is 0.381. The Labute approximate surface area is 192 Å². The molecule has 6 nitrogen and oxygen atoms in total. The average molecular weight is 529 g/mol. The van der Waals surface area contributed by atoms with Gasteiger partial charge in [-0.05, 0) is 36.6 Å². The van der Waals surface area contributed by atoms with Crippen LogP contribution < -0.4 is 20.1 Å². The van der Waals surface area contributed by atoms with Crippen molar-refractivity contribution in [3.05, 3.63) is 59.7 Å². The van der Waals surface area contributed by atoms with Gasteiger partial charge in [0.05, 0.1) is 6.54 Å². The Kier molecular flexibility index (Phi) is 10.3. The van der Waals surface area contributed by atoms with Crippen molar-refractivity contribution in [3.8, 4) is 11.5 Å². The summed E-state index contributed by atoms with van der Waals surface area (Å²) in [6, 6.07) is 15.9. The molecule has 1 atom stereocenters. The molecule has 0 fully saturated rings. The Hall–Kier alpha value is -1.81. The van der Waals surface area contributed by atoms with E-state index in [0.29, 0.717) is 24.8 Å². The highest BCUT2D eigenvalue weighted by Gasteiger charge is 2.13. The summed E-state index contributed by atoms with van der Waals surface area (Å²) in [6.45, 7) is 4.38. The quantitative estimate of drug-likeness (QED) is 0.297. The summed E-state index contributed by atoms with van der Waals surface area (Å²) in [4.78, 5) is 4.54. The zero-order valence-electron chi connectivity index (χ0n) is 16.6. The van der Waals surface area contributed by atoms with Gasteiger partial charge in [0.25, 0.3) is 0 Å². The topological polar surface area (TPSA) is 72.0 Å². The van der Waals surface area contributed by atoms with Gasteiger partial charge in [-0.1, -0.05) is 36.4 Å². The molecular weight excluding hydrogens is 501 g/mol. The smallest absolute Gasteiger partial charge is 0.231 e. The number of ether oxygens (including phenoxy) is 2. The van der Waals surface area contributed by atoms with Gasteiger partial charge < -0.3 is 20.1 Å². The fourth-order valence-electron chi connectivity index (χ4n) is 2.86. The number of rotatable bonds is 9. The predicted octanol–water partition coefficient (Wildman–Crippen LogP) is 3.08. The first-order valence-corrected chi connectivity index (χ1v) is 11.0. The summed E-state index contributed by atoms with van der Waals surface area (Å²) in [5.74, 6) is 3.48. The summed E-state index contributed by atoms with van der Waals surface area (Å²) < 4.78 is 23.0. The van der Waals surface area contributed by atoms with Gasteiger partial charge in [0, 0.05) is 35.4 Å². The van der Waals surface area contributed by atoms with Crippen molar-refractivity contribution < 1.29 is 13.7 Å². The van der Waals surface area contributed by atoms with E-state index in [2.05, 4.69) is 15.6 Å². The second kappa shape index (κ2) is 12.7. The predicted molar refractivity (Wildman–Crippen MR) is 129 cm³/mol. The lowest BCUT2D eigenvalue weighted by Gasteiger charge is -2.11. The molecule has 29 heavy (non-hydrogen) atoms. The van der Waals surface area contributed by atoms with Crippen LogP contribution in [-0.4, -0.2) is 42.3 Å². The van der Waals surface area contributed by atoms with Gasteiger partial charge in [-0.25, -0.2) is 0 Å². The zero-order chi connectivity index (χ0) is 19.6. The molecule has 1 heterocycles. The Morgan fingerprint density at radius 1 is 1.07 bits per heavy atom. The van der Waals surface area contributed by atoms with Crippen LogP contribution in [0.2, 0.25) is 0 Å². The number of nitrogens with zero attached hydrogens (tertiary/aromatic N) is 1. The molecule has 1 unspecified atom stereocenters. The van der Waals surface area contributed by atoms with Crippen LogP contribution in [0.4, 0.5) is 0 Å². The van der Waals surface area contributed by atoms with E-state index < -0.39 is 10.8 Å². The maximum absolute atomic E-state index is 12.2. The summed E-state index contributed by atoms with van der Waals surface area (Å²) in [5.41, 5.74) is 2.27. The number of nitrogens with one attached hydrogen (secondary N) is 2. The van der Waals surface area contributed by atoms with Crippen molar-refractivity contribution in [3.63, 3.8) is 0 Å². The molecule has 0 aliphatic carbocycles. The number of benzene rings is 2. The molecule has 0 radical (unpaired) electrons. The van der Waals surface area contributed by atoms with E-state index in [-0.39, 0.29) is 24.0 Å². The molecule has 3 rings (SSSR count). The molecule has 0 saturated carbocycles. The molecule has 0 spiro atoms. The molecule has 158 valence electrons. The standard InChI is InChI=1S/C21H27N3O3S.HI/c1-2-22-21(24-12-13-28(25)15-18-6-4-3-5-7-18)23-11-10-17-8-9-19-20(14-17)27-16-26-19;/h3-9,14H,2,10-13,15-16H2,1H3,(H2,22,23,24);1H. The van der Waals surface area contributed by atoms with Gasteiger partial charge in [-0.2, -0.15) is 0 Å². The number of hydrogen-bond acceptors (Lipinski definition) is 4. The van der Waals surface area contributed by atoms with Crippen LogP contribution in [0.15, 0.2) is 53.5 Å². The third-order valence-corrected chi connectivity index (χ3v) is 5.54. The third-order valence-electron chi connectivity index (χ3n) is 4.25. The molecule has 2 aromatic carbocycles. The van der Waals surface area contributed by atoms with E-state index in [0.717, 1.165) is 42.5 Å². The van der Waals surface area contributed by atoms with Gasteiger partial charge in [0.15, 0.2) is 17.5 Å². The monoisotopic (exact) mass is 529 g/mol. The van der Waals surface area contributed by atoms with Crippen molar-refractivity contribution in [2.24, 2.45) is 4.99 Å². The molecule has 2 N–H and O–H groups in total. The number of halogens is 1. The maximum atomic E-state index is 12.2. The zero-order valence-corrected chi connectivity index (χ0v) is 19.7. The van der Waals surface area contributed by atoms with Crippen molar-refractivity contribution in [1.29, 1.82) is 0 Å². The lowest BCUT2D eigenvalue weighted by molar-refractivity contribution is 0.174. The first-order chi connectivity index (χ1) is 13.7. The number of aliphatic imine (C=N–C) groups is 1. The highest BCUT2D eigenvalue weighted by Crippen LogP contribution is 2.32. The lowest BCUT2D eigenvalue weighted by atomic mass is 10.1. The lowest BCUT2D eigenvalue weighted by Crippen LogP contribution is -2.38. The third kappa shape index (κ3) is 7.85. The summed E-state index contributed by atoms with van der Waals surface area (Å²) in [7, 11) is -0.915. The second-order valence-corrected chi connectivity index (χ2v) is 7.98. The summed E-state index contributed by atoms with van der Waals surface area (Å²) in [5, 5.41) is 6.56. The molecule has 8 heteroatoms. The summed E-state index contributed by atoms with van der Waals surface area (Å²) >= 11 is 0. The van der Waals surface area contributed by atoms with Crippen LogP contribution in [0, 0.1) is 0 Å².